The molecular weight excluding hydrogens is 410 g/mol. The summed E-state index contributed by atoms with van der Waals surface area (Å²) in [5.41, 5.74) is 4.84. The third kappa shape index (κ3) is 5.36. The van der Waals surface area contributed by atoms with Crippen molar-refractivity contribution >= 4 is 35.0 Å². The molecule has 9 heteroatoms. The smallest absolute Gasteiger partial charge is 0.337 e. The van der Waals surface area contributed by atoms with Crippen LogP contribution in [0.5, 0.6) is 5.75 Å². The van der Waals surface area contributed by atoms with Gasteiger partial charge in [-0.1, -0.05) is 23.7 Å². The van der Waals surface area contributed by atoms with E-state index in [-0.39, 0.29) is 17.4 Å². The Morgan fingerprint density at radius 1 is 1.31 bits per heavy atom. The molecule has 29 heavy (non-hydrogen) atoms. The number of aromatic nitrogens is 3. The highest BCUT2D eigenvalue weighted by molar-refractivity contribution is 7.99. The summed E-state index contributed by atoms with van der Waals surface area (Å²) in [5, 5.41) is 22.4. The fourth-order valence-corrected chi connectivity index (χ4v) is 3.59. The van der Waals surface area contributed by atoms with Gasteiger partial charge >= 0.3 is 5.16 Å². The van der Waals surface area contributed by atoms with Crippen molar-refractivity contribution in [3.05, 3.63) is 59.1 Å². The van der Waals surface area contributed by atoms with Crippen molar-refractivity contribution in [2.75, 3.05) is 5.75 Å². The number of halogens is 1. The van der Waals surface area contributed by atoms with Gasteiger partial charge in [-0.15, -0.1) is 5.10 Å². The first-order chi connectivity index (χ1) is 14.0. The van der Waals surface area contributed by atoms with Gasteiger partial charge in [0.1, 0.15) is 5.75 Å². The molecule has 0 aliphatic heterocycles. The van der Waals surface area contributed by atoms with Gasteiger partial charge in [0.25, 0.3) is 11.7 Å². The van der Waals surface area contributed by atoms with Crippen LogP contribution in [0.3, 0.4) is 0 Å². The Balaban J connectivity index is 1.63. The Hall–Kier alpha value is -2.84. The minimum absolute atomic E-state index is 0.151. The molecule has 7 nitrogen and oxygen atoms in total. The predicted molar refractivity (Wildman–Crippen MR) is 114 cm³/mol. The Bertz CT molecular complexity index is 1030. The van der Waals surface area contributed by atoms with Gasteiger partial charge in [0.2, 0.25) is 0 Å². The second-order valence-electron chi connectivity index (χ2n) is 6.18. The number of amides is 1. The van der Waals surface area contributed by atoms with Crippen LogP contribution in [0.4, 0.5) is 0 Å². The predicted octanol–water partition coefficient (Wildman–Crippen LogP) is 3.38. The zero-order valence-corrected chi connectivity index (χ0v) is 17.6. The molecular formula is C20H21ClN5O2S+. The maximum atomic E-state index is 12.2. The second-order valence-corrected chi connectivity index (χ2v) is 7.56. The summed E-state index contributed by atoms with van der Waals surface area (Å²) in [4.78, 5) is 12.2. The van der Waals surface area contributed by atoms with Gasteiger partial charge in [-0.3, -0.25) is 4.79 Å². The number of nitrogens with one attached hydrogen (secondary N) is 2. The third-order valence-electron chi connectivity index (χ3n) is 4.14. The van der Waals surface area contributed by atoms with Gasteiger partial charge in [-0.25, -0.2) is 9.99 Å². The number of hydrazone groups is 1. The van der Waals surface area contributed by atoms with E-state index in [1.165, 1.54) is 11.8 Å². The summed E-state index contributed by atoms with van der Waals surface area (Å²) < 4.78 is 2.00. The van der Waals surface area contributed by atoms with Crippen molar-refractivity contribution in [3.8, 4) is 17.1 Å². The Kier molecular flexibility index (Phi) is 6.90. The number of phenolic OH excluding ortho intramolecular Hbond substituents is 1. The number of aromatic hydroxyl groups is 1. The second kappa shape index (κ2) is 9.58. The van der Waals surface area contributed by atoms with Crippen LogP contribution in [0.25, 0.3) is 11.4 Å². The molecule has 3 aromatic rings. The maximum Gasteiger partial charge on any atom is 0.337 e. The summed E-state index contributed by atoms with van der Waals surface area (Å²) in [6.07, 6.45) is 0. The Morgan fingerprint density at radius 2 is 2.07 bits per heavy atom. The molecule has 0 saturated carbocycles. The summed E-state index contributed by atoms with van der Waals surface area (Å²) >= 11 is 7.28. The topological polar surface area (TPSA) is 94.2 Å². The van der Waals surface area contributed by atoms with Gasteiger partial charge in [-0.2, -0.15) is 5.10 Å². The number of H-pyrrole nitrogens is 1. The molecule has 0 radical (unpaired) electrons. The highest BCUT2D eigenvalue weighted by atomic mass is 35.5. The van der Waals surface area contributed by atoms with Crippen LogP contribution in [0.2, 0.25) is 5.02 Å². The van der Waals surface area contributed by atoms with Crippen molar-refractivity contribution in [3.63, 3.8) is 0 Å². The first-order valence-electron chi connectivity index (χ1n) is 8.97. The maximum absolute atomic E-state index is 12.2. The first kappa shape index (κ1) is 20.9. The number of aromatic amines is 1. The monoisotopic (exact) mass is 430 g/mol. The van der Waals surface area contributed by atoms with Crippen molar-refractivity contribution in [1.82, 2.24) is 15.6 Å². The minimum Gasteiger partial charge on any atom is -0.508 e. The number of phenols is 1. The average Bonchev–Trinajstić information content (AvgIpc) is 3.14. The fraction of sp³-hybridized carbons (Fsp3) is 0.200. The van der Waals surface area contributed by atoms with Gasteiger partial charge < -0.3 is 5.11 Å². The Morgan fingerprint density at radius 3 is 2.76 bits per heavy atom. The van der Waals surface area contributed by atoms with Crippen molar-refractivity contribution in [2.45, 2.75) is 25.5 Å². The number of hydrogen-bond donors (Lipinski definition) is 3. The van der Waals surface area contributed by atoms with Crippen LogP contribution in [0, 0.1) is 0 Å². The zero-order valence-electron chi connectivity index (χ0n) is 16.0. The van der Waals surface area contributed by atoms with E-state index in [1.54, 1.807) is 25.1 Å². The van der Waals surface area contributed by atoms with E-state index in [0.29, 0.717) is 22.4 Å². The van der Waals surface area contributed by atoms with Gasteiger partial charge in [0.15, 0.2) is 0 Å². The normalized spacial score (nSPS) is 11.5. The molecule has 0 unspecified atom stereocenters. The van der Waals surface area contributed by atoms with Gasteiger partial charge in [-0.05, 0) is 62.0 Å². The van der Waals surface area contributed by atoms with Crippen molar-refractivity contribution < 1.29 is 14.5 Å². The molecule has 1 amide bonds. The van der Waals surface area contributed by atoms with E-state index in [2.05, 4.69) is 20.7 Å². The van der Waals surface area contributed by atoms with Crippen molar-refractivity contribution in [2.24, 2.45) is 5.10 Å². The first-order valence-corrected chi connectivity index (χ1v) is 10.3. The number of rotatable bonds is 7. The molecule has 2 aromatic carbocycles. The molecule has 0 aliphatic carbocycles. The van der Waals surface area contributed by atoms with Crippen LogP contribution < -0.4 is 9.99 Å². The molecule has 3 N–H and O–H groups in total. The van der Waals surface area contributed by atoms with Crippen LogP contribution in [-0.2, 0) is 11.3 Å². The van der Waals surface area contributed by atoms with E-state index < -0.39 is 0 Å². The van der Waals surface area contributed by atoms with Crippen LogP contribution >= 0.6 is 23.4 Å². The number of thioether (sulfide) groups is 1. The van der Waals surface area contributed by atoms with Gasteiger partial charge in [0, 0.05) is 10.6 Å². The minimum atomic E-state index is -0.242. The SMILES string of the molecule is CC[n+]1c(SCC(=O)N/N=C(/C)c2cccc(O)c2)n[nH]c1-c1ccc(Cl)cc1. The van der Waals surface area contributed by atoms with E-state index in [4.69, 9.17) is 11.6 Å². The highest BCUT2D eigenvalue weighted by Crippen LogP contribution is 2.20. The third-order valence-corrected chi connectivity index (χ3v) is 5.37. The average molecular weight is 431 g/mol. The molecule has 0 bridgehead atoms. The lowest BCUT2D eigenvalue weighted by Crippen LogP contribution is -2.36. The molecule has 3 rings (SSSR count). The summed E-state index contributed by atoms with van der Waals surface area (Å²) in [6.45, 7) is 4.48. The molecule has 0 aliphatic rings. The number of benzene rings is 2. The van der Waals surface area contributed by atoms with Crippen LogP contribution in [0.15, 0.2) is 58.8 Å². The summed E-state index contributed by atoms with van der Waals surface area (Å²) in [6, 6.07) is 14.2. The number of hydrogen-bond acceptors (Lipinski definition) is 5. The molecule has 1 heterocycles. The van der Waals surface area contributed by atoms with Crippen molar-refractivity contribution in [1.29, 1.82) is 0 Å². The number of nitrogens with zero attached hydrogens (tertiary/aromatic N) is 3. The zero-order chi connectivity index (χ0) is 20.8. The standard InChI is InChI=1S/C20H20ClN5O2S/c1-3-26-19(14-7-9-16(21)10-8-14)24-25-20(26)29-12-18(28)23-22-13(2)15-5-4-6-17(27)11-15/h4-11H,3,12H2,1-2H3,(H2,23,27,28)/p+1/b22-13-. The lowest BCUT2D eigenvalue weighted by molar-refractivity contribution is -0.719. The summed E-state index contributed by atoms with van der Waals surface area (Å²) in [7, 11) is 0. The lowest BCUT2D eigenvalue weighted by Gasteiger charge is -2.03. The molecule has 0 spiro atoms. The number of carbonyl (C=O) groups excluding carboxylic acids is 1. The molecule has 0 saturated heterocycles. The lowest BCUT2D eigenvalue weighted by atomic mass is 10.1. The van der Waals surface area contributed by atoms with E-state index in [1.807, 2.05) is 41.8 Å². The quantitative estimate of drug-likeness (QED) is 0.232. The van der Waals surface area contributed by atoms with E-state index >= 15 is 0 Å². The summed E-state index contributed by atoms with van der Waals surface area (Å²) in [5.74, 6) is 0.929. The molecule has 1 aromatic heterocycles. The van der Waals surface area contributed by atoms with Crippen LogP contribution in [-0.4, -0.2) is 32.7 Å². The highest BCUT2D eigenvalue weighted by Gasteiger charge is 2.21. The van der Waals surface area contributed by atoms with Gasteiger partial charge in [0.05, 0.1) is 28.7 Å². The Labute approximate surface area is 177 Å². The van der Waals surface area contributed by atoms with E-state index in [9.17, 15) is 9.90 Å². The largest absolute Gasteiger partial charge is 0.508 e. The number of carbonyl (C=O) groups is 1. The fourth-order valence-electron chi connectivity index (χ4n) is 2.65. The molecule has 0 fully saturated rings. The van der Waals surface area contributed by atoms with E-state index in [0.717, 1.165) is 17.0 Å². The molecule has 150 valence electrons. The molecule has 0 atom stereocenters. The van der Waals surface area contributed by atoms with Crippen LogP contribution in [0.1, 0.15) is 19.4 Å².